The molecule has 1 aromatic heterocycles. The van der Waals surface area contributed by atoms with E-state index < -0.39 is 29.4 Å². The van der Waals surface area contributed by atoms with E-state index in [9.17, 15) is 27.9 Å². The lowest BCUT2D eigenvalue weighted by molar-refractivity contribution is -0.137. The molecule has 1 N–H and O–H groups in total. The number of benzene rings is 2. The number of alkyl halides is 3. The van der Waals surface area contributed by atoms with Gasteiger partial charge in [-0.3, -0.25) is 9.36 Å². The zero-order valence-corrected chi connectivity index (χ0v) is 17.5. The third kappa shape index (κ3) is 3.37. The van der Waals surface area contributed by atoms with E-state index in [0.717, 1.165) is 22.3 Å². The van der Waals surface area contributed by atoms with Crippen LogP contribution in [0, 0.1) is 0 Å². The van der Waals surface area contributed by atoms with Gasteiger partial charge in [0.05, 0.1) is 36.9 Å². The number of nitrogens with zero attached hydrogens (tertiary/aromatic N) is 3. The van der Waals surface area contributed by atoms with Crippen molar-refractivity contribution in [2.45, 2.75) is 31.1 Å². The number of aromatic nitrogens is 2. The quantitative estimate of drug-likeness (QED) is 0.649. The highest BCUT2D eigenvalue weighted by molar-refractivity contribution is 5.80. The highest BCUT2D eigenvalue weighted by Crippen LogP contribution is 2.48. The minimum absolute atomic E-state index is 0.0789. The molecule has 2 unspecified atom stereocenters. The Morgan fingerprint density at radius 2 is 1.91 bits per heavy atom. The Morgan fingerprint density at radius 1 is 1.18 bits per heavy atom. The lowest BCUT2D eigenvalue weighted by atomic mass is 10.1. The van der Waals surface area contributed by atoms with Crippen molar-refractivity contribution in [2.75, 3.05) is 13.7 Å². The van der Waals surface area contributed by atoms with Gasteiger partial charge in [-0.25, -0.2) is 9.36 Å². The summed E-state index contributed by atoms with van der Waals surface area (Å²) >= 11 is 0. The second-order valence-corrected chi connectivity index (χ2v) is 8.22. The molecule has 2 bridgehead atoms. The van der Waals surface area contributed by atoms with Crippen LogP contribution in [0.1, 0.15) is 35.3 Å². The molecular weight excluding hydrogens is 439 g/mol. The number of methoxy groups -OCH3 is 1. The fraction of sp³-hybridized carbons (Fsp3) is 0.304. The maximum atomic E-state index is 13.1. The molecule has 2 atom stereocenters. The van der Waals surface area contributed by atoms with Crippen LogP contribution in [0.4, 0.5) is 13.2 Å². The Labute approximate surface area is 186 Å². The number of amides is 1. The van der Waals surface area contributed by atoms with E-state index in [1.165, 1.54) is 16.7 Å². The van der Waals surface area contributed by atoms with E-state index in [-0.39, 0.29) is 29.8 Å². The van der Waals surface area contributed by atoms with Crippen LogP contribution < -0.4 is 10.4 Å². The van der Waals surface area contributed by atoms with Crippen molar-refractivity contribution >= 4 is 5.91 Å². The second-order valence-electron chi connectivity index (χ2n) is 8.22. The van der Waals surface area contributed by atoms with Crippen LogP contribution in [0.25, 0.3) is 5.69 Å². The number of halogens is 3. The van der Waals surface area contributed by atoms with Crippen molar-refractivity contribution in [2.24, 2.45) is 0 Å². The predicted octanol–water partition coefficient (Wildman–Crippen LogP) is 3.44. The number of hydrogen-bond acceptors (Lipinski definition) is 4. The fourth-order valence-corrected chi connectivity index (χ4v) is 4.80. The molecule has 1 saturated heterocycles. The summed E-state index contributed by atoms with van der Waals surface area (Å²) in [7, 11) is 1.55. The first-order valence-electron chi connectivity index (χ1n) is 10.3. The first-order valence-corrected chi connectivity index (χ1v) is 10.3. The van der Waals surface area contributed by atoms with E-state index in [1.54, 1.807) is 36.3 Å². The van der Waals surface area contributed by atoms with Gasteiger partial charge in [-0.15, -0.1) is 0 Å². The molecule has 2 aliphatic rings. The largest absolute Gasteiger partial charge is 0.497 e. The Balaban J connectivity index is 1.46. The van der Waals surface area contributed by atoms with Gasteiger partial charge in [0.25, 0.3) is 0 Å². The van der Waals surface area contributed by atoms with Crippen LogP contribution >= 0.6 is 0 Å². The van der Waals surface area contributed by atoms with E-state index in [1.807, 2.05) is 0 Å². The number of ether oxygens (including phenoxy) is 1. The minimum atomic E-state index is -4.58. The summed E-state index contributed by atoms with van der Waals surface area (Å²) in [5, 5.41) is 10.9. The van der Waals surface area contributed by atoms with Crippen molar-refractivity contribution in [1.82, 2.24) is 14.0 Å². The van der Waals surface area contributed by atoms with Gasteiger partial charge >= 0.3 is 11.9 Å². The van der Waals surface area contributed by atoms with Crippen molar-refractivity contribution < 1.29 is 27.8 Å². The number of aromatic hydroxyl groups is 1. The molecule has 2 aromatic carbocycles. The van der Waals surface area contributed by atoms with E-state index in [0.29, 0.717) is 18.7 Å². The Bertz CT molecular complexity index is 1290. The van der Waals surface area contributed by atoms with Gasteiger partial charge < -0.3 is 14.7 Å². The maximum absolute atomic E-state index is 13.1. The molecule has 1 fully saturated rings. The van der Waals surface area contributed by atoms with E-state index in [4.69, 9.17) is 4.74 Å². The van der Waals surface area contributed by atoms with Crippen LogP contribution in [-0.4, -0.2) is 38.7 Å². The Kier molecular flexibility index (Phi) is 4.77. The normalized spacial score (nSPS) is 19.1. The Hall–Kier alpha value is -3.69. The second kappa shape index (κ2) is 7.43. The SMILES string of the molecule is COc1ccc(CC(=O)N2CC3CC2c2c(O)n(-c4cccc(C(F)(F)F)c4)c(=O)n23)cc1. The van der Waals surface area contributed by atoms with Crippen molar-refractivity contribution in [3.8, 4) is 17.3 Å². The molecule has 0 radical (unpaired) electrons. The molecule has 5 rings (SSSR count). The summed E-state index contributed by atoms with van der Waals surface area (Å²) in [6.45, 7) is 0.304. The first-order chi connectivity index (χ1) is 15.7. The van der Waals surface area contributed by atoms with Crippen LogP contribution in [0.3, 0.4) is 0 Å². The average molecular weight is 459 g/mol. The van der Waals surface area contributed by atoms with Crippen molar-refractivity contribution in [3.63, 3.8) is 0 Å². The summed E-state index contributed by atoms with van der Waals surface area (Å²) < 4.78 is 46.8. The summed E-state index contributed by atoms with van der Waals surface area (Å²) in [4.78, 5) is 27.6. The number of likely N-dealkylation sites (tertiary alicyclic amines) is 1. The molecule has 3 aromatic rings. The van der Waals surface area contributed by atoms with Crippen molar-refractivity contribution in [1.29, 1.82) is 0 Å². The van der Waals surface area contributed by atoms with Crippen LogP contribution in [-0.2, 0) is 17.4 Å². The number of fused-ring (bicyclic) bond motifs is 5. The van der Waals surface area contributed by atoms with Gasteiger partial charge in [-0.05, 0) is 42.3 Å². The number of carbonyl (C=O) groups excluding carboxylic acids is 1. The van der Waals surface area contributed by atoms with Crippen LogP contribution in [0.15, 0.2) is 53.3 Å². The summed E-state index contributed by atoms with van der Waals surface area (Å²) in [6, 6.07) is 10.5. The number of rotatable bonds is 4. The predicted molar refractivity (Wildman–Crippen MR) is 112 cm³/mol. The summed E-state index contributed by atoms with van der Waals surface area (Å²) in [6.07, 6.45) is -3.95. The van der Waals surface area contributed by atoms with Crippen molar-refractivity contribution in [3.05, 3.63) is 75.8 Å². The van der Waals surface area contributed by atoms with Gasteiger partial charge in [0.15, 0.2) is 0 Å². The van der Waals surface area contributed by atoms with E-state index in [2.05, 4.69) is 0 Å². The average Bonchev–Trinajstić information content (AvgIpc) is 3.45. The molecule has 7 nitrogen and oxygen atoms in total. The number of imidazole rings is 1. The molecule has 1 amide bonds. The molecule has 0 spiro atoms. The lowest BCUT2D eigenvalue weighted by Gasteiger charge is -2.27. The van der Waals surface area contributed by atoms with Crippen LogP contribution in [0.2, 0.25) is 0 Å². The van der Waals surface area contributed by atoms with Gasteiger partial charge in [-0.1, -0.05) is 18.2 Å². The highest BCUT2D eigenvalue weighted by atomic mass is 19.4. The topological polar surface area (TPSA) is 76.7 Å². The first kappa shape index (κ1) is 21.2. The molecule has 172 valence electrons. The molecule has 0 saturated carbocycles. The standard InChI is InChI=1S/C23H20F3N3O4/c1-33-17-7-5-13(6-8-17)9-19(30)27-12-16-11-18(27)20-21(31)29(22(32)28(16)20)15-4-2-3-14(10-15)23(24,25)26/h2-8,10,16,18,31H,9,11-12H2,1H3. The fourth-order valence-electron chi connectivity index (χ4n) is 4.80. The molecule has 2 aliphatic heterocycles. The third-order valence-corrected chi connectivity index (χ3v) is 6.32. The van der Waals surface area contributed by atoms with E-state index >= 15 is 0 Å². The number of carbonyl (C=O) groups is 1. The number of hydrogen-bond donors (Lipinski definition) is 1. The highest BCUT2D eigenvalue weighted by Gasteiger charge is 2.49. The molecule has 10 heteroatoms. The molecule has 3 heterocycles. The van der Waals surface area contributed by atoms with Gasteiger partial charge in [-0.2, -0.15) is 13.2 Å². The third-order valence-electron chi connectivity index (χ3n) is 6.32. The zero-order valence-electron chi connectivity index (χ0n) is 17.5. The van der Waals surface area contributed by atoms with Gasteiger partial charge in [0, 0.05) is 6.54 Å². The van der Waals surface area contributed by atoms with Crippen LogP contribution in [0.5, 0.6) is 11.6 Å². The minimum Gasteiger partial charge on any atom is -0.497 e. The summed E-state index contributed by atoms with van der Waals surface area (Å²) in [5.41, 5.74) is -0.554. The smallest absolute Gasteiger partial charge is 0.416 e. The molecule has 0 aliphatic carbocycles. The summed E-state index contributed by atoms with van der Waals surface area (Å²) in [5.74, 6) is 0.0858. The lowest BCUT2D eigenvalue weighted by Crippen LogP contribution is -2.38. The van der Waals surface area contributed by atoms with Gasteiger partial charge in [0.1, 0.15) is 11.4 Å². The Morgan fingerprint density at radius 3 is 2.58 bits per heavy atom. The molecular formula is C23H20F3N3O4. The molecule has 33 heavy (non-hydrogen) atoms. The van der Waals surface area contributed by atoms with Gasteiger partial charge in [0.2, 0.25) is 11.8 Å². The maximum Gasteiger partial charge on any atom is 0.416 e. The monoisotopic (exact) mass is 459 g/mol. The zero-order chi connectivity index (χ0) is 23.5.